The van der Waals surface area contributed by atoms with Crippen LogP contribution in [0, 0.1) is 5.92 Å². The molecule has 10 nitrogen and oxygen atoms in total. The lowest BCUT2D eigenvalue weighted by Gasteiger charge is -2.34. The second-order valence-electron chi connectivity index (χ2n) is 8.22. The first kappa shape index (κ1) is 26.2. The Balaban J connectivity index is 0.000000569. The minimum atomic E-state index is -2.07. The Morgan fingerprint density at radius 1 is 1.00 bits per heavy atom. The van der Waals surface area contributed by atoms with E-state index in [0.29, 0.717) is 17.4 Å². The van der Waals surface area contributed by atoms with Crippen molar-refractivity contribution >= 4 is 17.8 Å². The molecule has 0 aliphatic carbocycles. The van der Waals surface area contributed by atoms with E-state index in [2.05, 4.69) is 4.90 Å². The Kier molecular flexibility index (Phi) is 10.2. The first-order chi connectivity index (χ1) is 15.8. The van der Waals surface area contributed by atoms with E-state index >= 15 is 0 Å². The number of amides is 1. The van der Waals surface area contributed by atoms with Crippen molar-refractivity contribution in [1.82, 2.24) is 4.90 Å². The summed E-state index contributed by atoms with van der Waals surface area (Å²) >= 11 is 0. The Hall–Kier alpha value is -3.01. The number of quaternary nitrogens is 1. The van der Waals surface area contributed by atoms with Gasteiger partial charge in [-0.2, -0.15) is 0 Å². The molecule has 0 radical (unpaired) electrons. The molecule has 0 aromatic heterocycles. The molecular formula is C23H34N2O8. The van der Waals surface area contributed by atoms with E-state index in [1.54, 1.807) is 21.3 Å². The number of likely N-dealkylation sites (tertiary alicyclic amines) is 2. The molecule has 2 saturated heterocycles. The summed E-state index contributed by atoms with van der Waals surface area (Å²) in [5.41, 5.74) is 1.09. The molecule has 2 unspecified atom stereocenters. The summed E-state index contributed by atoms with van der Waals surface area (Å²) in [7, 11) is 4.96. The number of nitrogens with one attached hydrogen (secondary N) is 1. The Morgan fingerprint density at radius 3 is 2.12 bits per heavy atom. The van der Waals surface area contributed by atoms with Crippen molar-refractivity contribution in [3.63, 3.8) is 0 Å². The van der Waals surface area contributed by atoms with Crippen LogP contribution in [-0.4, -0.2) is 75.4 Å². The van der Waals surface area contributed by atoms with Crippen molar-refractivity contribution in [2.45, 2.75) is 38.6 Å². The minimum absolute atomic E-state index is 0.151. The molecule has 0 bridgehead atoms. The molecule has 1 amide bonds. The molecular weight excluding hydrogens is 432 g/mol. The fourth-order valence-corrected chi connectivity index (χ4v) is 4.39. The lowest BCUT2D eigenvalue weighted by Crippen LogP contribution is -3.12. The number of carbonyl (C=O) groups excluding carboxylic acids is 2. The van der Waals surface area contributed by atoms with Crippen LogP contribution in [0.1, 0.15) is 37.7 Å². The van der Waals surface area contributed by atoms with Gasteiger partial charge < -0.3 is 39.0 Å². The van der Waals surface area contributed by atoms with Crippen LogP contribution in [-0.2, 0) is 20.9 Å². The predicted molar refractivity (Wildman–Crippen MR) is 116 cm³/mol. The van der Waals surface area contributed by atoms with Gasteiger partial charge in [0.25, 0.3) is 0 Å². The molecule has 1 aromatic carbocycles. The highest BCUT2D eigenvalue weighted by atomic mass is 16.5. The number of benzene rings is 1. The molecule has 1 aromatic rings. The molecule has 2 aliphatic heterocycles. The van der Waals surface area contributed by atoms with Crippen molar-refractivity contribution in [1.29, 1.82) is 0 Å². The molecule has 2 atom stereocenters. The molecule has 2 heterocycles. The maximum atomic E-state index is 12.9. The lowest BCUT2D eigenvalue weighted by atomic mass is 9.95. The Bertz CT molecular complexity index is 811. The first-order valence-electron chi connectivity index (χ1n) is 11.2. The van der Waals surface area contributed by atoms with Gasteiger partial charge in [-0.1, -0.05) is 0 Å². The van der Waals surface area contributed by atoms with Gasteiger partial charge in [-0.3, -0.25) is 4.79 Å². The van der Waals surface area contributed by atoms with Crippen LogP contribution in [0.5, 0.6) is 17.2 Å². The van der Waals surface area contributed by atoms with E-state index in [1.807, 2.05) is 12.1 Å². The fraction of sp³-hybridized carbons (Fsp3) is 0.609. The summed E-state index contributed by atoms with van der Waals surface area (Å²) in [5.74, 6) is -1.30. The summed E-state index contributed by atoms with van der Waals surface area (Å²) in [6.07, 6.45) is 5.66. The number of aliphatic carboxylic acids is 2. The highest BCUT2D eigenvalue weighted by Crippen LogP contribution is 2.34. The molecule has 10 heteroatoms. The Morgan fingerprint density at radius 2 is 1.58 bits per heavy atom. The molecule has 2 aliphatic rings. The molecule has 2 fully saturated rings. The standard InChI is InChI=1S/C21H32N2O4.C2H2O4/c1-25-18-13-20(27-3)19(26-2)12-17(18)15-22-9-7-8-16(14-22)21(24)23-10-5-4-6-11-23;3-1(4)2(5)6/h12-13,16H,4-11,14-15H2,1-3H3;(H,3,4)(H,5,6). The maximum Gasteiger partial charge on any atom is 0.351 e. The van der Waals surface area contributed by atoms with E-state index in [-0.39, 0.29) is 5.92 Å². The van der Waals surface area contributed by atoms with E-state index in [0.717, 1.165) is 69.7 Å². The zero-order chi connectivity index (χ0) is 24.4. The van der Waals surface area contributed by atoms with Crippen molar-refractivity contribution < 1.29 is 43.7 Å². The second-order valence-corrected chi connectivity index (χ2v) is 8.22. The van der Waals surface area contributed by atoms with Crippen molar-refractivity contribution in [3.05, 3.63) is 17.7 Å². The highest BCUT2D eigenvalue weighted by molar-refractivity contribution is 6.26. The van der Waals surface area contributed by atoms with Crippen LogP contribution in [0.4, 0.5) is 0 Å². The summed E-state index contributed by atoms with van der Waals surface area (Å²) in [4.78, 5) is 34.5. The minimum Gasteiger partial charge on any atom is -0.539 e. The van der Waals surface area contributed by atoms with Gasteiger partial charge in [0.2, 0.25) is 5.91 Å². The topological polar surface area (TPSA) is 130 Å². The summed E-state index contributed by atoms with van der Waals surface area (Å²) in [5, 5.41) is 16.3. The first-order valence-corrected chi connectivity index (χ1v) is 11.2. The normalized spacial score (nSPS) is 20.2. The van der Waals surface area contributed by atoms with Gasteiger partial charge in [-0.05, 0) is 38.2 Å². The average Bonchev–Trinajstić information content (AvgIpc) is 2.84. The van der Waals surface area contributed by atoms with Crippen molar-refractivity contribution in [3.8, 4) is 17.2 Å². The molecule has 2 N–H and O–H groups in total. The Labute approximate surface area is 194 Å². The molecule has 33 heavy (non-hydrogen) atoms. The largest absolute Gasteiger partial charge is 0.539 e. The number of carboxylic acids is 2. The fourth-order valence-electron chi connectivity index (χ4n) is 4.39. The summed E-state index contributed by atoms with van der Waals surface area (Å²) in [6.45, 7) is 4.68. The number of hydrogen-bond acceptors (Lipinski definition) is 7. The predicted octanol–water partition coefficient (Wildman–Crippen LogP) is -0.659. The number of hydrogen-bond donors (Lipinski definition) is 2. The summed E-state index contributed by atoms with van der Waals surface area (Å²) in [6, 6.07) is 3.88. The number of carboxylic acid groups (broad SMARTS) is 2. The van der Waals surface area contributed by atoms with Crippen LogP contribution < -0.4 is 24.2 Å². The average molecular weight is 467 g/mol. The van der Waals surface area contributed by atoms with Crippen LogP contribution in [0.25, 0.3) is 0 Å². The molecule has 0 spiro atoms. The highest BCUT2D eigenvalue weighted by Gasteiger charge is 2.32. The van der Waals surface area contributed by atoms with Gasteiger partial charge >= 0.3 is 5.97 Å². The van der Waals surface area contributed by atoms with Gasteiger partial charge in [0, 0.05) is 19.2 Å². The third kappa shape index (κ3) is 7.52. The molecule has 184 valence electrons. The maximum absolute atomic E-state index is 12.9. The molecule has 0 saturated carbocycles. The zero-order valence-electron chi connectivity index (χ0n) is 19.6. The number of carbonyl (C=O) groups is 3. The van der Waals surface area contributed by atoms with Gasteiger partial charge in [0.1, 0.15) is 12.3 Å². The van der Waals surface area contributed by atoms with Crippen LogP contribution in [0.3, 0.4) is 0 Å². The van der Waals surface area contributed by atoms with Gasteiger partial charge in [0.05, 0.1) is 45.9 Å². The number of methoxy groups -OCH3 is 3. The monoisotopic (exact) mass is 466 g/mol. The van der Waals surface area contributed by atoms with Crippen LogP contribution in [0.15, 0.2) is 12.1 Å². The van der Waals surface area contributed by atoms with E-state index in [4.69, 9.17) is 34.0 Å². The van der Waals surface area contributed by atoms with Crippen molar-refractivity contribution in [2.24, 2.45) is 5.92 Å². The third-order valence-electron chi connectivity index (χ3n) is 6.04. The summed E-state index contributed by atoms with van der Waals surface area (Å²) < 4.78 is 16.4. The quantitative estimate of drug-likeness (QED) is 0.529. The SMILES string of the molecule is COc1cc(OC)c(OC)cc1C[NH+]1CCCC(C(=O)N2CCCCC2)C1.O=C([O-])C(=O)O. The lowest BCUT2D eigenvalue weighted by molar-refractivity contribution is -0.921. The second kappa shape index (κ2) is 12.9. The number of piperidine rings is 2. The van der Waals surface area contributed by atoms with Crippen LogP contribution in [0.2, 0.25) is 0 Å². The van der Waals surface area contributed by atoms with Crippen molar-refractivity contribution in [2.75, 3.05) is 47.5 Å². The van der Waals surface area contributed by atoms with Crippen LogP contribution >= 0.6 is 0 Å². The van der Waals surface area contributed by atoms with Gasteiger partial charge in [-0.15, -0.1) is 0 Å². The molecule has 3 rings (SSSR count). The number of rotatable bonds is 6. The third-order valence-corrected chi connectivity index (χ3v) is 6.04. The van der Waals surface area contributed by atoms with E-state index in [1.165, 1.54) is 11.3 Å². The van der Waals surface area contributed by atoms with Gasteiger partial charge in [-0.25, -0.2) is 4.79 Å². The number of nitrogens with zero attached hydrogens (tertiary/aromatic N) is 1. The number of ether oxygens (including phenoxy) is 3. The van der Waals surface area contributed by atoms with E-state index in [9.17, 15) is 4.79 Å². The smallest absolute Gasteiger partial charge is 0.351 e. The van der Waals surface area contributed by atoms with E-state index < -0.39 is 11.9 Å². The zero-order valence-corrected chi connectivity index (χ0v) is 19.6. The van der Waals surface area contributed by atoms with Gasteiger partial charge in [0.15, 0.2) is 17.5 Å².